The van der Waals surface area contributed by atoms with Crippen LogP contribution in [-0.4, -0.2) is 36.9 Å². The molecule has 4 nitrogen and oxygen atoms in total. The van der Waals surface area contributed by atoms with E-state index in [2.05, 4.69) is 5.32 Å². The first-order chi connectivity index (χ1) is 6.90. The smallest absolute Gasteiger partial charge is 0.336 e. The minimum Gasteiger partial charge on any atom is -0.457 e. The summed E-state index contributed by atoms with van der Waals surface area (Å²) in [6.07, 6.45) is 1.90. The Labute approximate surface area is 89.6 Å². The molecule has 1 spiro atoms. The third kappa shape index (κ3) is 2.21. The maximum atomic E-state index is 11.7. The molecule has 0 aromatic carbocycles. The number of esters is 1. The van der Waals surface area contributed by atoms with E-state index in [9.17, 15) is 4.79 Å². The summed E-state index contributed by atoms with van der Waals surface area (Å²) >= 11 is 0. The summed E-state index contributed by atoms with van der Waals surface area (Å²) in [7, 11) is 0. The van der Waals surface area contributed by atoms with Crippen LogP contribution in [-0.2, 0) is 14.3 Å². The van der Waals surface area contributed by atoms with Gasteiger partial charge in [-0.2, -0.15) is 0 Å². The molecule has 2 aliphatic heterocycles. The third-order valence-electron chi connectivity index (χ3n) is 2.46. The Kier molecular flexibility index (Phi) is 2.35. The van der Waals surface area contributed by atoms with Crippen molar-refractivity contribution in [3.8, 4) is 0 Å². The van der Waals surface area contributed by atoms with Crippen LogP contribution < -0.4 is 5.32 Å². The van der Waals surface area contributed by atoms with E-state index in [1.165, 1.54) is 0 Å². The van der Waals surface area contributed by atoms with Crippen LogP contribution in [0.2, 0.25) is 0 Å². The van der Waals surface area contributed by atoms with Crippen LogP contribution in [0.25, 0.3) is 0 Å². The summed E-state index contributed by atoms with van der Waals surface area (Å²) in [5.74, 6) is -0.258. The molecule has 2 heterocycles. The van der Waals surface area contributed by atoms with Crippen molar-refractivity contribution in [3.63, 3.8) is 0 Å². The van der Waals surface area contributed by atoms with Crippen LogP contribution in [0.1, 0.15) is 20.8 Å². The van der Waals surface area contributed by atoms with Crippen LogP contribution >= 0.6 is 0 Å². The van der Waals surface area contributed by atoms with Gasteiger partial charge >= 0.3 is 5.97 Å². The number of nitrogens with one attached hydrogen (secondary N) is 1. The molecule has 0 radical (unpaired) electrons. The molecule has 84 valence electrons. The predicted molar refractivity (Wildman–Crippen MR) is 55.5 cm³/mol. The van der Waals surface area contributed by atoms with E-state index >= 15 is 0 Å². The SMILES string of the molecule is CC(C)(C)OC(=O)C1=CC2(CNC2)OC1. The van der Waals surface area contributed by atoms with Gasteiger partial charge < -0.3 is 14.8 Å². The van der Waals surface area contributed by atoms with Crippen molar-refractivity contribution in [1.29, 1.82) is 0 Å². The first kappa shape index (κ1) is 10.6. The van der Waals surface area contributed by atoms with Gasteiger partial charge in [-0.1, -0.05) is 0 Å². The molecular formula is C11H17NO3. The van der Waals surface area contributed by atoms with Gasteiger partial charge in [-0.05, 0) is 26.8 Å². The minimum absolute atomic E-state index is 0.230. The molecule has 0 saturated carbocycles. The molecule has 0 atom stereocenters. The highest BCUT2D eigenvalue weighted by molar-refractivity contribution is 5.89. The molecule has 15 heavy (non-hydrogen) atoms. The molecule has 0 amide bonds. The van der Waals surface area contributed by atoms with E-state index in [4.69, 9.17) is 9.47 Å². The summed E-state index contributed by atoms with van der Waals surface area (Å²) in [6.45, 7) is 7.54. The molecule has 0 aromatic rings. The van der Waals surface area contributed by atoms with E-state index in [-0.39, 0.29) is 11.6 Å². The molecule has 0 aromatic heterocycles. The number of hydrogen-bond donors (Lipinski definition) is 1. The van der Waals surface area contributed by atoms with Gasteiger partial charge in [-0.25, -0.2) is 4.79 Å². The van der Waals surface area contributed by atoms with Gasteiger partial charge in [0, 0.05) is 13.1 Å². The lowest BCUT2D eigenvalue weighted by Crippen LogP contribution is -2.58. The zero-order chi connectivity index (χ0) is 11.1. The number of ether oxygens (including phenoxy) is 2. The maximum Gasteiger partial charge on any atom is 0.336 e. The maximum absolute atomic E-state index is 11.7. The lowest BCUT2D eigenvalue weighted by Gasteiger charge is -2.36. The Morgan fingerprint density at radius 3 is 2.60 bits per heavy atom. The summed E-state index contributed by atoms with van der Waals surface area (Å²) < 4.78 is 10.8. The normalized spacial score (nSPS) is 23.5. The Morgan fingerprint density at radius 1 is 1.53 bits per heavy atom. The van der Waals surface area contributed by atoms with Crippen molar-refractivity contribution in [2.45, 2.75) is 32.0 Å². The molecule has 1 saturated heterocycles. The highest BCUT2D eigenvalue weighted by Gasteiger charge is 2.42. The molecule has 1 N–H and O–H groups in total. The first-order valence-electron chi connectivity index (χ1n) is 5.20. The van der Waals surface area contributed by atoms with Crippen molar-refractivity contribution >= 4 is 5.97 Å². The monoisotopic (exact) mass is 211 g/mol. The Bertz CT molecular complexity index is 310. The number of hydrogen-bond acceptors (Lipinski definition) is 4. The van der Waals surface area contributed by atoms with Crippen molar-refractivity contribution < 1.29 is 14.3 Å². The molecule has 2 aliphatic rings. The molecule has 0 unspecified atom stereocenters. The van der Waals surface area contributed by atoms with Crippen molar-refractivity contribution in [2.24, 2.45) is 0 Å². The van der Waals surface area contributed by atoms with Gasteiger partial charge in [0.05, 0.1) is 12.2 Å². The van der Waals surface area contributed by atoms with Gasteiger partial charge in [0.15, 0.2) is 0 Å². The standard InChI is InChI=1S/C11H17NO3/c1-10(2,3)15-9(13)8-4-11(14-5-8)6-12-7-11/h4,12H,5-7H2,1-3H3. The lowest BCUT2D eigenvalue weighted by molar-refractivity contribution is -0.150. The average Bonchev–Trinajstić information content (AvgIpc) is 2.43. The molecule has 0 aliphatic carbocycles. The largest absolute Gasteiger partial charge is 0.457 e. The Morgan fingerprint density at radius 2 is 2.20 bits per heavy atom. The summed E-state index contributed by atoms with van der Waals surface area (Å²) in [6, 6.07) is 0. The van der Waals surface area contributed by atoms with Crippen molar-refractivity contribution in [2.75, 3.05) is 19.7 Å². The molecule has 2 rings (SSSR count). The second-order valence-corrected chi connectivity index (χ2v) is 5.13. The van der Waals surface area contributed by atoms with Crippen molar-refractivity contribution in [1.82, 2.24) is 5.32 Å². The zero-order valence-corrected chi connectivity index (χ0v) is 9.42. The summed E-state index contributed by atoms with van der Waals surface area (Å²) in [5, 5.41) is 3.13. The van der Waals surface area contributed by atoms with E-state index in [1.807, 2.05) is 26.8 Å². The molecule has 1 fully saturated rings. The predicted octanol–water partition coefficient (Wildman–Crippen LogP) is 0.627. The highest BCUT2D eigenvalue weighted by Crippen LogP contribution is 2.28. The summed E-state index contributed by atoms with van der Waals surface area (Å²) in [4.78, 5) is 11.7. The fraction of sp³-hybridized carbons (Fsp3) is 0.727. The number of rotatable bonds is 1. The quantitative estimate of drug-likeness (QED) is 0.646. The lowest BCUT2D eigenvalue weighted by atomic mass is 9.96. The van der Waals surface area contributed by atoms with Crippen LogP contribution in [0.15, 0.2) is 11.6 Å². The fourth-order valence-electron chi connectivity index (χ4n) is 1.66. The average molecular weight is 211 g/mol. The van der Waals surface area contributed by atoms with Crippen LogP contribution in [0.3, 0.4) is 0 Å². The van der Waals surface area contributed by atoms with Gasteiger partial charge in [0.25, 0.3) is 0 Å². The van der Waals surface area contributed by atoms with E-state index in [1.54, 1.807) is 0 Å². The Balaban J connectivity index is 2.00. The number of carbonyl (C=O) groups is 1. The van der Waals surface area contributed by atoms with Gasteiger partial charge in [0.1, 0.15) is 11.2 Å². The third-order valence-corrected chi connectivity index (χ3v) is 2.46. The van der Waals surface area contributed by atoms with Gasteiger partial charge in [-0.15, -0.1) is 0 Å². The first-order valence-corrected chi connectivity index (χ1v) is 5.20. The highest BCUT2D eigenvalue weighted by atomic mass is 16.6. The Hall–Kier alpha value is -0.870. The van der Waals surface area contributed by atoms with Crippen molar-refractivity contribution in [3.05, 3.63) is 11.6 Å². The number of carbonyl (C=O) groups excluding carboxylic acids is 1. The van der Waals surface area contributed by atoms with E-state index in [0.29, 0.717) is 12.2 Å². The minimum atomic E-state index is -0.439. The zero-order valence-electron chi connectivity index (χ0n) is 9.42. The topological polar surface area (TPSA) is 47.6 Å². The van der Waals surface area contributed by atoms with Gasteiger partial charge in [0.2, 0.25) is 0 Å². The van der Waals surface area contributed by atoms with Crippen LogP contribution in [0, 0.1) is 0 Å². The molecular weight excluding hydrogens is 194 g/mol. The molecule has 4 heteroatoms. The van der Waals surface area contributed by atoms with E-state index < -0.39 is 5.60 Å². The second-order valence-electron chi connectivity index (χ2n) is 5.13. The van der Waals surface area contributed by atoms with Gasteiger partial charge in [-0.3, -0.25) is 0 Å². The second kappa shape index (κ2) is 3.32. The summed E-state index contributed by atoms with van der Waals surface area (Å²) in [5.41, 5.74) is -0.0240. The van der Waals surface area contributed by atoms with Crippen LogP contribution in [0.4, 0.5) is 0 Å². The fourth-order valence-corrected chi connectivity index (χ4v) is 1.66. The molecule has 0 bridgehead atoms. The van der Waals surface area contributed by atoms with Crippen LogP contribution in [0.5, 0.6) is 0 Å². The van der Waals surface area contributed by atoms with E-state index in [0.717, 1.165) is 13.1 Å².